The van der Waals surface area contributed by atoms with E-state index in [4.69, 9.17) is 4.74 Å². The van der Waals surface area contributed by atoms with Gasteiger partial charge in [0.1, 0.15) is 23.5 Å². The predicted molar refractivity (Wildman–Crippen MR) is 143 cm³/mol. The molecule has 2 aliphatic carbocycles. The number of benzene rings is 1. The molecule has 0 spiro atoms. The smallest absolute Gasteiger partial charge is 0.408 e. The molecule has 5 fully saturated rings. The number of piperidine rings is 1. The van der Waals surface area contributed by atoms with Crippen LogP contribution in [0, 0.1) is 29.0 Å². The third-order valence-electron chi connectivity index (χ3n) is 9.34. The van der Waals surface area contributed by atoms with Gasteiger partial charge in [-0.3, -0.25) is 14.5 Å². The lowest BCUT2D eigenvalue weighted by Crippen LogP contribution is -2.60. The molecule has 9 nitrogen and oxygen atoms in total. The molecule has 1 aromatic rings. The summed E-state index contributed by atoms with van der Waals surface area (Å²) in [7, 11) is 0. The summed E-state index contributed by atoms with van der Waals surface area (Å²) in [6.45, 7) is 6.05. The zero-order valence-corrected chi connectivity index (χ0v) is 23.4. The highest BCUT2D eigenvalue weighted by atomic mass is 19.1. The van der Waals surface area contributed by atoms with Gasteiger partial charge in [0.2, 0.25) is 11.8 Å². The number of likely N-dealkylation sites (tertiary alicyclic amines) is 3. The molecular weight excluding hydrogens is 513 g/mol. The van der Waals surface area contributed by atoms with Crippen molar-refractivity contribution < 1.29 is 23.5 Å². The van der Waals surface area contributed by atoms with Gasteiger partial charge < -0.3 is 19.9 Å². The molecule has 6 rings (SSSR count). The maximum absolute atomic E-state index is 13.8. The number of hydrogen-bond acceptors (Lipinski definition) is 6. The summed E-state index contributed by atoms with van der Waals surface area (Å²) in [5, 5.41) is 12.4. The molecule has 1 aromatic carbocycles. The van der Waals surface area contributed by atoms with E-state index in [1.165, 1.54) is 12.1 Å². The zero-order chi connectivity index (χ0) is 28.3. The molecule has 0 unspecified atom stereocenters. The van der Waals surface area contributed by atoms with Crippen LogP contribution in [0.25, 0.3) is 0 Å². The fourth-order valence-electron chi connectivity index (χ4n) is 7.27. The summed E-state index contributed by atoms with van der Waals surface area (Å²) in [4.78, 5) is 46.1. The van der Waals surface area contributed by atoms with Crippen molar-refractivity contribution in [2.45, 2.75) is 101 Å². The molecular formula is C30H38FN5O4. The summed E-state index contributed by atoms with van der Waals surface area (Å²) in [5.74, 6) is 0.157. The molecule has 3 amide bonds. The lowest BCUT2D eigenvalue weighted by molar-refractivity contribution is -0.143. The number of hydrogen-bond donors (Lipinski definition) is 1. The van der Waals surface area contributed by atoms with E-state index in [-0.39, 0.29) is 48.3 Å². The Balaban J connectivity index is 1.20. The third-order valence-corrected chi connectivity index (χ3v) is 9.34. The van der Waals surface area contributed by atoms with Crippen molar-refractivity contribution in [2.75, 3.05) is 13.1 Å². The summed E-state index contributed by atoms with van der Waals surface area (Å²) >= 11 is 0. The van der Waals surface area contributed by atoms with Crippen molar-refractivity contribution in [3.63, 3.8) is 0 Å². The largest absolute Gasteiger partial charge is 0.444 e. The Labute approximate surface area is 234 Å². The number of rotatable bonds is 7. The zero-order valence-electron chi connectivity index (χ0n) is 23.4. The van der Waals surface area contributed by atoms with Crippen LogP contribution in [0.3, 0.4) is 0 Å². The normalized spacial score (nSPS) is 30.9. The fraction of sp³-hybridized carbons (Fsp3) is 0.667. The Morgan fingerprint density at radius 3 is 2.50 bits per heavy atom. The van der Waals surface area contributed by atoms with E-state index in [2.05, 4.69) is 11.4 Å². The van der Waals surface area contributed by atoms with Crippen molar-refractivity contribution in [2.24, 2.45) is 11.8 Å². The van der Waals surface area contributed by atoms with Gasteiger partial charge in [0.05, 0.1) is 18.2 Å². The number of carbonyl (C=O) groups is 3. The van der Waals surface area contributed by atoms with Crippen molar-refractivity contribution >= 4 is 17.9 Å². The van der Waals surface area contributed by atoms with Crippen LogP contribution >= 0.6 is 0 Å². The van der Waals surface area contributed by atoms with Crippen LogP contribution in [0.1, 0.15) is 70.9 Å². The maximum Gasteiger partial charge on any atom is 0.408 e. The van der Waals surface area contributed by atoms with E-state index in [0.717, 1.165) is 31.2 Å². The summed E-state index contributed by atoms with van der Waals surface area (Å²) in [5.41, 5.74) is 0.232. The number of amides is 3. The number of carbonyl (C=O) groups excluding carboxylic acids is 3. The Hall–Kier alpha value is -3.19. The monoisotopic (exact) mass is 551 g/mol. The number of ether oxygens (including phenoxy) is 1. The first-order valence-corrected chi connectivity index (χ1v) is 14.6. The van der Waals surface area contributed by atoms with Gasteiger partial charge in [-0.2, -0.15) is 5.26 Å². The van der Waals surface area contributed by atoms with Gasteiger partial charge in [0.15, 0.2) is 0 Å². The lowest BCUT2D eigenvalue weighted by atomic mass is 9.76. The van der Waals surface area contributed by atoms with Gasteiger partial charge >= 0.3 is 6.09 Å². The Kier molecular flexibility index (Phi) is 6.76. The molecule has 0 radical (unpaired) electrons. The van der Waals surface area contributed by atoms with Gasteiger partial charge in [-0.25, -0.2) is 9.18 Å². The molecule has 10 heteroatoms. The Morgan fingerprint density at radius 1 is 1.18 bits per heavy atom. The van der Waals surface area contributed by atoms with E-state index in [9.17, 15) is 24.0 Å². The standard InChI is InChI=1S/C30H38FN5O4/c1-30(2,3)40-29(39)33-23(27(37)35-21(14-32)11-19-12-24(19)35)16-34-15-22-13-25(34)28(38)36(22)26(17-5-4-6-17)18-7-9-20(31)10-8-18/h7-10,17,19,21-26H,4-6,11-13,15-16H2,1-3H3,(H,33,39)/t19-,21+,22-,23+,24+,25-,26-/m1/s1. The van der Waals surface area contributed by atoms with Crippen molar-refractivity contribution in [3.05, 3.63) is 35.6 Å². The number of nitrogens with one attached hydrogen (secondary N) is 1. The first kappa shape index (κ1) is 27.0. The molecule has 40 heavy (non-hydrogen) atoms. The Bertz CT molecular complexity index is 1220. The second kappa shape index (κ2) is 10.0. The number of nitrogens with zero attached hydrogens (tertiary/aromatic N) is 4. The molecule has 3 saturated heterocycles. The van der Waals surface area contributed by atoms with Crippen LogP contribution < -0.4 is 5.32 Å². The minimum atomic E-state index is -0.926. The fourth-order valence-corrected chi connectivity index (χ4v) is 7.27. The number of fused-ring (bicyclic) bond motifs is 3. The highest BCUT2D eigenvalue weighted by Gasteiger charge is 2.57. The van der Waals surface area contributed by atoms with E-state index in [0.29, 0.717) is 31.2 Å². The molecule has 214 valence electrons. The quantitative estimate of drug-likeness (QED) is 0.557. The predicted octanol–water partition coefficient (Wildman–Crippen LogP) is 3.36. The summed E-state index contributed by atoms with van der Waals surface area (Å²) in [6.07, 6.45) is 4.74. The molecule has 0 aromatic heterocycles. The molecule has 3 heterocycles. The van der Waals surface area contributed by atoms with Gasteiger partial charge in [0.25, 0.3) is 0 Å². The van der Waals surface area contributed by atoms with Crippen LogP contribution in [0.4, 0.5) is 9.18 Å². The number of halogens is 1. The highest BCUT2D eigenvalue weighted by Crippen LogP contribution is 2.49. The number of piperazine rings is 1. The van der Waals surface area contributed by atoms with Gasteiger partial charge in [-0.1, -0.05) is 18.6 Å². The van der Waals surface area contributed by atoms with Gasteiger partial charge in [0, 0.05) is 25.2 Å². The van der Waals surface area contributed by atoms with Gasteiger partial charge in [-0.05, 0) is 82.4 Å². The van der Waals surface area contributed by atoms with Crippen LogP contribution in [0.2, 0.25) is 0 Å². The molecule has 2 saturated carbocycles. The highest BCUT2D eigenvalue weighted by molar-refractivity contribution is 5.89. The second-order valence-corrected chi connectivity index (χ2v) is 13.2. The van der Waals surface area contributed by atoms with Crippen molar-refractivity contribution in [1.29, 1.82) is 5.26 Å². The number of alkyl carbamates (subject to hydrolysis) is 1. The van der Waals surface area contributed by atoms with E-state index < -0.39 is 23.8 Å². The van der Waals surface area contributed by atoms with Crippen LogP contribution in [-0.4, -0.2) is 81.5 Å². The Morgan fingerprint density at radius 2 is 1.90 bits per heavy atom. The summed E-state index contributed by atoms with van der Waals surface area (Å²) in [6, 6.07) is 6.90. The minimum absolute atomic E-state index is 0.0168. The third kappa shape index (κ3) is 4.93. The molecule has 1 N–H and O–H groups in total. The topological polar surface area (TPSA) is 106 Å². The van der Waals surface area contributed by atoms with Gasteiger partial charge in [-0.15, -0.1) is 0 Å². The summed E-state index contributed by atoms with van der Waals surface area (Å²) < 4.78 is 19.1. The second-order valence-electron chi connectivity index (χ2n) is 13.2. The number of nitriles is 1. The van der Waals surface area contributed by atoms with E-state index in [1.807, 2.05) is 9.80 Å². The molecule has 2 bridgehead atoms. The molecule has 7 atom stereocenters. The van der Waals surface area contributed by atoms with Crippen molar-refractivity contribution in [3.8, 4) is 6.07 Å². The SMILES string of the molecule is CC(C)(C)OC(=O)N[C@@H](CN1C[C@H]2C[C@@H]1C(=O)N2[C@@H](c1ccc(F)cc1)C1CCC1)C(=O)N1[C@H](C#N)C[C@@H]2C[C@@H]21. The van der Waals surface area contributed by atoms with Crippen LogP contribution in [0.15, 0.2) is 24.3 Å². The first-order chi connectivity index (χ1) is 19.0. The average Bonchev–Trinajstić information content (AvgIpc) is 3.18. The first-order valence-electron chi connectivity index (χ1n) is 14.6. The lowest BCUT2D eigenvalue weighted by Gasteiger charge is -2.45. The van der Waals surface area contributed by atoms with Crippen molar-refractivity contribution in [1.82, 2.24) is 20.0 Å². The van der Waals surface area contributed by atoms with Crippen LogP contribution in [0.5, 0.6) is 0 Å². The van der Waals surface area contributed by atoms with E-state index in [1.54, 1.807) is 37.8 Å². The minimum Gasteiger partial charge on any atom is -0.444 e. The molecule has 3 aliphatic heterocycles. The van der Waals surface area contributed by atoms with E-state index >= 15 is 0 Å². The van der Waals surface area contributed by atoms with Crippen LogP contribution in [-0.2, 0) is 14.3 Å². The maximum atomic E-state index is 13.8. The average molecular weight is 552 g/mol. The molecule has 5 aliphatic rings.